The van der Waals surface area contributed by atoms with Gasteiger partial charge < -0.3 is 9.84 Å². The van der Waals surface area contributed by atoms with Crippen LogP contribution in [0.15, 0.2) is 18.3 Å². The summed E-state index contributed by atoms with van der Waals surface area (Å²) in [6.07, 6.45) is 1.59. The maximum atomic E-state index is 12.8. The number of carbonyl (C=O) groups excluding carboxylic acids is 1. The molecule has 1 fully saturated rings. The lowest BCUT2D eigenvalue weighted by Crippen LogP contribution is -2.54. The molecule has 0 aromatic carbocycles. The number of carboxylic acids is 1. The summed E-state index contributed by atoms with van der Waals surface area (Å²) >= 11 is 0. The van der Waals surface area contributed by atoms with Crippen molar-refractivity contribution < 1.29 is 19.4 Å². The van der Waals surface area contributed by atoms with Crippen LogP contribution < -0.4 is 9.22 Å². The highest BCUT2D eigenvalue weighted by Gasteiger charge is 2.55. The molecule has 0 spiro atoms. The van der Waals surface area contributed by atoms with Gasteiger partial charge in [-0.3, -0.25) is 4.90 Å². The predicted molar refractivity (Wildman–Crippen MR) is 81.7 cm³/mol. The van der Waals surface area contributed by atoms with E-state index in [-0.39, 0.29) is 23.0 Å². The fraction of sp³-hybridized carbons (Fsp3) is 0.533. The molecule has 2 heterocycles. The number of carbonyl (C=O) groups is 2. The van der Waals surface area contributed by atoms with Gasteiger partial charge in [0.25, 0.3) is 0 Å². The monoisotopic (exact) mass is 308 g/mol. The third-order valence-electron chi connectivity index (χ3n) is 4.01. The molecule has 0 saturated carbocycles. The van der Waals surface area contributed by atoms with Crippen molar-refractivity contribution in [2.24, 2.45) is 5.92 Å². The van der Waals surface area contributed by atoms with Gasteiger partial charge in [0.1, 0.15) is 6.54 Å². The van der Waals surface area contributed by atoms with Gasteiger partial charge in [-0.15, -0.1) is 0 Å². The summed E-state index contributed by atoms with van der Waals surface area (Å²) in [7, 11) is 3.06. The highest BCUT2D eigenvalue weighted by molar-refractivity contribution is 5.94. The summed E-state index contributed by atoms with van der Waals surface area (Å²) in [5.41, 5.74) is 0.690. The maximum Gasteiger partial charge on any atom is 0.425 e. The van der Waals surface area contributed by atoms with Gasteiger partial charge in [-0.2, -0.15) is 0 Å². The first-order valence-electron chi connectivity index (χ1n) is 7.19. The van der Waals surface area contributed by atoms with Gasteiger partial charge in [-0.25, -0.2) is 19.1 Å². The van der Waals surface area contributed by atoms with Gasteiger partial charge in [0.15, 0.2) is 11.7 Å². The number of aliphatic carboxylic acids is 1. The van der Waals surface area contributed by atoms with Crippen molar-refractivity contribution >= 4 is 17.7 Å². The molecule has 7 heteroatoms. The number of ether oxygens (including phenoxy) is 1. The Labute approximate surface area is 129 Å². The lowest BCUT2D eigenvalue weighted by atomic mass is 10.1. The summed E-state index contributed by atoms with van der Waals surface area (Å²) in [5.74, 6) is -0.297. The molecule has 2 unspecified atom stereocenters. The first-order chi connectivity index (χ1) is 10.3. The number of nitrogens with zero attached hydrogens (tertiary/aromatic N) is 3. The third kappa shape index (κ3) is 2.64. The minimum atomic E-state index is -0.985. The van der Waals surface area contributed by atoms with Crippen LogP contribution in [-0.2, 0) is 4.79 Å². The highest BCUT2D eigenvalue weighted by Crippen LogP contribution is 2.33. The minimum absolute atomic E-state index is 0.0257. The Morgan fingerprint density at radius 1 is 1.55 bits per heavy atom. The molecule has 1 saturated heterocycles. The molecule has 2 atom stereocenters. The number of aromatic nitrogens is 1. The van der Waals surface area contributed by atoms with E-state index in [4.69, 9.17) is 4.74 Å². The Hall–Kier alpha value is -2.15. The number of methoxy groups -OCH3 is 1. The van der Waals surface area contributed by atoms with Crippen molar-refractivity contribution in [1.82, 2.24) is 14.4 Å². The lowest BCUT2D eigenvalue weighted by Gasteiger charge is -2.31. The molecule has 2 rings (SSSR count). The van der Waals surface area contributed by atoms with Crippen LogP contribution >= 0.6 is 0 Å². The molecule has 1 aromatic rings. The molecule has 1 N–H and O–H groups in total. The maximum absolute atomic E-state index is 12.8. The predicted octanol–water partition coefficient (Wildman–Crippen LogP) is 1.57. The van der Waals surface area contributed by atoms with E-state index in [1.807, 2.05) is 13.8 Å². The van der Waals surface area contributed by atoms with E-state index in [2.05, 4.69) is 4.98 Å². The number of pyridine rings is 1. The molecule has 0 radical (unpaired) electrons. The minimum Gasteiger partial charge on any atom is -0.481 e. The van der Waals surface area contributed by atoms with Crippen molar-refractivity contribution in [3.05, 3.63) is 18.3 Å². The zero-order valence-electron chi connectivity index (χ0n) is 13.3. The van der Waals surface area contributed by atoms with Crippen LogP contribution in [0.4, 0.5) is 10.5 Å². The number of urea groups is 1. The first kappa shape index (κ1) is 16.2. The molecule has 0 aliphatic carbocycles. The molecule has 0 bridgehead atoms. The van der Waals surface area contributed by atoms with E-state index in [0.29, 0.717) is 18.1 Å². The first-order valence-corrected chi connectivity index (χ1v) is 7.19. The average molecular weight is 308 g/mol. The summed E-state index contributed by atoms with van der Waals surface area (Å²) in [4.78, 5) is 29.7. The Balaban J connectivity index is 2.48. The van der Waals surface area contributed by atoms with Crippen molar-refractivity contribution in [2.75, 3.05) is 27.2 Å². The normalized spacial score (nSPS) is 24.9. The number of hydrogen-bond acceptors (Lipinski definition) is 4. The number of rotatable bonds is 5. The Morgan fingerprint density at radius 2 is 2.23 bits per heavy atom. The zero-order chi connectivity index (χ0) is 16.5. The van der Waals surface area contributed by atoms with E-state index < -0.39 is 12.0 Å². The lowest BCUT2D eigenvalue weighted by molar-refractivity contribution is -0.140. The van der Waals surface area contributed by atoms with Crippen molar-refractivity contribution in [3.8, 4) is 5.88 Å². The number of amides is 2. The topological polar surface area (TPSA) is 79.7 Å². The Morgan fingerprint density at radius 3 is 2.64 bits per heavy atom. The fourth-order valence-corrected chi connectivity index (χ4v) is 3.02. The molecule has 7 nitrogen and oxygen atoms in total. The van der Waals surface area contributed by atoms with Crippen LogP contribution in [0.1, 0.15) is 13.8 Å². The van der Waals surface area contributed by atoms with Crippen LogP contribution in [0.25, 0.3) is 0 Å². The Kier molecular flexibility index (Phi) is 4.37. The van der Waals surface area contributed by atoms with Gasteiger partial charge in [0.2, 0.25) is 5.88 Å². The third-order valence-corrected chi connectivity index (χ3v) is 4.01. The van der Waals surface area contributed by atoms with Gasteiger partial charge >= 0.3 is 12.0 Å². The van der Waals surface area contributed by atoms with Crippen LogP contribution in [0.2, 0.25) is 0 Å². The average Bonchev–Trinajstić information content (AvgIpc) is 2.73. The van der Waals surface area contributed by atoms with Crippen LogP contribution in [0.3, 0.4) is 0 Å². The summed E-state index contributed by atoms with van der Waals surface area (Å²) in [6, 6.07) is 2.43. The number of hydrogen-bond donors (Lipinski definition) is 1. The van der Waals surface area contributed by atoms with Gasteiger partial charge in [0.05, 0.1) is 19.9 Å². The Bertz CT molecular complexity index is 573. The zero-order valence-corrected chi connectivity index (χ0v) is 13.3. The molecule has 1 aliphatic heterocycles. The largest absolute Gasteiger partial charge is 0.481 e. The van der Waals surface area contributed by atoms with Gasteiger partial charge in [0, 0.05) is 25.1 Å². The molecule has 2 amide bonds. The number of likely N-dealkylation sites (N-methyl/N-ethyl adjacent to an activating group) is 1. The number of carboxylic acid groups (broad SMARTS) is 1. The van der Waals surface area contributed by atoms with Gasteiger partial charge in [-0.1, -0.05) is 13.8 Å². The molecule has 1 aliphatic rings. The second-order valence-electron chi connectivity index (χ2n) is 6.03. The second-order valence-corrected chi connectivity index (χ2v) is 6.03. The van der Waals surface area contributed by atoms with Gasteiger partial charge in [-0.05, 0) is 0 Å². The molecular weight excluding hydrogens is 286 g/mol. The van der Waals surface area contributed by atoms with E-state index >= 15 is 0 Å². The fourth-order valence-electron chi connectivity index (χ4n) is 3.02. The standard InChI is InChI=1S/C15H21N3O4/c1-10(2)8-18(11-5-6-13(22-4)16-7-11)9-12(14(19)20)17(3)15(18)21/h5-7,10,12H,8-9H2,1-4H3/p+1. The van der Waals surface area contributed by atoms with Crippen LogP contribution in [-0.4, -0.2) is 60.3 Å². The van der Waals surface area contributed by atoms with Crippen molar-refractivity contribution in [1.29, 1.82) is 0 Å². The smallest absolute Gasteiger partial charge is 0.425 e. The summed E-state index contributed by atoms with van der Waals surface area (Å²) < 4.78 is 5.02. The SMILES string of the molecule is COc1ccc([N+]2(CC(C)C)CC(C(=O)O)N(C)C2=O)cn1. The van der Waals surface area contributed by atoms with Crippen molar-refractivity contribution in [3.63, 3.8) is 0 Å². The van der Waals surface area contributed by atoms with E-state index in [1.165, 1.54) is 12.0 Å². The molecular formula is C15H22N3O4+. The number of quaternary nitrogens is 1. The summed E-state index contributed by atoms with van der Waals surface area (Å²) in [5, 5.41) is 9.36. The second kappa shape index (κ2) is 5.92. The molecule has 120 valence electrons. The summed E-state index contributed by atoms with van der Waals surface area (Å²) in [6.45, 7) is 4.76. The van der Waals surface area contributed by atoms with Crippen LogP contribution in [0, 0.1) is 5.92 Å². The van der Waals surface area contributed by atoms with E-state index in [9.17, 15) is 14.7 Å². The molecule has 1 aromatic heterocycles. The van der Waals surface area contributed by atoms with E-state index in [1.54, 1.807) is 25.4 Å². The quantitative estimate of drug-likeness (QED) is 0.835. The van der Waals surface area contributed by atoms with E-state index in [0.717, 1.165) is 0 Å². The molecule has 22 heavy (non-hydrogen) atoms. The van der Waals surface area contributed by atoms with Crippen LogP contribution in [0.5, 0.6) is 5.88 Å². The van der Waals surface area contributed by atoms with Crippen molar-refractivity contribution in [2.45, 2.75) is 19.9 Å². The highest BCUT2D eigenvalue weighted by atomic mass is 16.5.